The van der Waals surface area contributed by atoms with Crippen molar-refractivity contribution in [1.82, 2.24) is 0 Å². The lowest BCUT2D eigenvalue weighted by Crippen LogP contribution is -2.39. The normalized spacial score (nSPS) is 33.2. The van der Waals surface area contributed by atoms with Gasteiger partial charge in [-0.15, -0.1) is 0 Å². The predicted octanol–water partition coefficient (Wildman–Crippen LogP) is 6.04. The molecule has 1 aromatic carbocycles. The Balaban J connectivity index is 1.60. The van der Waals surface area contributed by atoms with Crippen molar-refractivity contribution in [2.75, 3.05) is 4.90 Å². The van der Waals surface area contributed by atoms with Gasteiger partial charge in [-0.25, -0.2) is 0 Å². The summed E-state index contributed by atoms with van der Waals surface area (Å²) >= 11 is 0. The van der Waals surface area contributed by atoms with Gasteiger partial charge in [0.1, 0.15) is 0 Å². The topological polar surface area (TPSA) is 37.4 Å². The molecule has 0 radical (unpaired) electrons. The van der Waals surface area contributed by atoms with Crippen molar-refractivity contribution in [3.63, 3.8) is 0 Å². The SMILES string of the molecule is O=C1C2C3CCCCCCC3=C3CCCCCCC3C2C(=O)N1c1ccccc1. The molecule has 0 spiro atoms. The van der Waals surface area contributed by atoms with Crippen LogP contribution in [0.25, 0.3) is 0 Å². The minimum Gasteiger partial charge on any atom is -0.274 e. The minimum absolute atomic E-state index is 0.0791. The molecule has 3 heteroatoms. The summed E-state index contributed by atoms with van der Waals surface area (Å²) in [6.45, 7) is 0. The molecule has 4 unspecified atom stereocenters. The lowest BCUT2D eigenvalue weighted by molar-refractivity contribution is -0.123. The first-order valence-electron chi connectivity index (χ1n) is 11.9. The van der Waals surface area contributed by atoms with Gasteiger partial charge < -0.3 is 0 Å². The van der Waals surface area contributed by atoms with Crippen molar-refractivity contribution in [3.8, 4) is 0 Å². The zero-order valence-electron chi connectivity index (χ0n) is 17.4. The van der Waals surface area contributed by atoms with Crippen molar-refractivity contribution in [2.45, 2.75) is 77.0 Å². The number of amides is 2. The summed E-state index contributed by atoms with van der Waals surface area (Å²) in [7, 11) is 0. The summed E-state index contributed by atoms with van der Waals surface area (Å²) in [5, 5.41) is 0. The van der Waals surface area contributed by atoms with Crippen LogP contribution >= 0.6 is 0 Å². The number of hydrogen-bond acceptors (Lipinski definition) is 2. The highest BCUT2D eigenvalue weighted by Gasteiger charge is 2.57. The van der Waals surface area contributed by atoms with E-state index in [-0.39, 0.29) is 23.7 Å². The molecule has 4 aliphatic rings. The Kier molecular flexibility index (Phi) is 5.32. The van der Waals surface area contributed by atoms with Crippen LogP contribution in [0.15, 0.2) is 41.5 Å². The van der Waals surface area contributed by atoms with Crippen molar-refractivity contribution >= 4 is 17.5 Å². The van der Waals surface area contributed by atoms with E-state index in [1.807, 2.05) is 30.3 Å². The van der Waals surface area contributed by atoms with Crippen molar-refractivity contribution in [1.29, 1.82) is 0 Å². The molecule has 3 aliphatic carbocycles. The van der Waals surface area contributed by atoms with E-state index >= 15 is 0 Å². The maximum absolute atomic E-state index is 13.7. The molecule has 0 aromatic heterocycles. The summed E-state index contributed by atoms with van der Waals surface area (Å²) in [6, 6.07) is 9.64. The lowest BCUT2D eigenvalue weighted by Gasteiger charge is -2.42. The highest BCUT2D eigenvalue weighted by Crippen LogP contribution is 2.54. The fourth-order valence-electron chi connectivity index (χ4n) is 6.77. The molecule has 0 bridgehead atoms. The first-order valence-corrected chi connectivity index (χ1v) is 11.9. The van der Waals surface area contributed by atoms with E-state index in [9.17, 15) is 9.59 Å². The smallest absolute Gasteiger partial charge is 0.238 e. The number of hydrogen-bond donors (Lipinski definition) is 0. The van der Waals surface area contributed by atoms with Gasteiger partial charge in [0.15, 0.2) is 0 Å². The first kappa shape index (κ1) is 19.1. The van der Waals surface area contributed by atoms with Gasteiger partial charge in [0.25, 0.3) is 0 Å². The van der Waals surface area contributed by atoms with E-state index in [4.69, 9.17) is 0 Å². The van der Waals surface area contributed by atoms with Gasteiger partial charge in [0.05, 0.1) is 17.5 Å². The molecule has 1 saturated heterocycles. The monoisotopic (exact) mass is 391 g/mol. The van der Waals surface area contributed by atoms with Gasteiger partial charge >= 0.3 is 0 Å². The van der Waals surface area contributed by atoms with Crippen molar-refractivity contribution in [2.24, 2.45) is 23.7 Å². The molecular weight excluding hydrogens is 358 g/mol. The number of para-hydroxylation sites is 1. The standard InChI is InChI=1S/C26H33NO2/c28-25-23-21-16-10-3-1-8-14-19(21)20-15-9-2-4-11-17-22(20)24(23)26(29)27(25)18-12-6-5-7-13-18/h5-7,12-13,21-24H,1-4,8-11,14-17H2. The molecule has 1 aromatic rings. The Labute approximate surface area is 174 Å². The average Bonchev–Trinajstić information content (AvgIpc) is 2.94. The Morgan fingerprint density at radius 2 is 1.10 bits per heavy atom. The minimum atomic E-state index is -0.121. The molecular formula is C26H33NO2. The Hall–Kier alpha value is -1.90. The number of carbonyl (C=O) groups excluding carboxylic acids is 2. The maximum Gasteiger partial charge on any atom is 0.238 e. The Morgan fingerprint density at radius 3 is 1.62 bits per heavy atom. The molecule has 2 amide bonds. The molecule has 5 rings (SSSR count). The average molecular weight is 392 g/mol. The van der Waals surface area contributed by atoms with Crippen LogP contribution in [-0.2, 0) is 9.59 Å². The van der Waals surface area contributed by atoms with Crippen LogP contribution in [0.1, 0.15) is 77.0 Å². The van der Waals surface area contributed by atoms with E-state index in [2.05, 4.69) is 0 Å². The number of anilines is 1. The molecule has 2 saturated carbocycles. The molecule has 1 heterocycles. The van der Waals surface area contributed by atoms with Gasteiger partial charge in [-0.3, -0.25) is 14.5 Å². The maximum atomic E-state index is 13.7. The highest BCUT2D eigenvalue weighted by molar-refractivity contribution is 6.22. The summed E-state index contributed by atoms with van der Waals surface area (Å²) in [6.07, 6.45) is 14.6. The van der Waals surface area contributed by atoms with Crippen molar-refractivity contribution in [3.05, 3.63) is 41.5 Å². The molecule has 29 heavy (non-hydrogen) atoms. The van der Waals surface area contributed by atoms with E-state index in [0.717, 1.165) is 31.4 Å². The third-order valence-corrected chi connectivity index (χ3v) is 8.01. The first-order chi connectivity index (χ1) is 14.3. The van der Waals surface area contributed by atoms with Crippen LogP contribution in [0.5, 0.6) is 0 Å². The van der Waals surface area contributed by atoms with E-state index in [1.165, 1.54) is 51.4 Å². The number of allylic oxidation sites excluding steroid dienone is 2. The lowest BCUT2D eigenvalue weighted by atomic mass is 9.60. The Morgan fingerprint density at radius 1 is 0.621 bits per heavy atom. The molecule has 1 aliphatic heterocycles. The van der Waals surface area contributed by atoms with Gasteiger partial charge in [-0.2, -0.15) is 0 Å². The number of rotatable bonds is 1. The predicted molar refractivity (Wildman–Crippen MR) is 115 cm³/mol. The number of nitrogens with zero attached hydrogens (tertiary/aromatic N) is 1. The Bertz CT molecular complexity index is 763. The van der Waals surface area contributed by atoms with Crippen LogP contribution in [-0.4, -0.2) is 11.8 Å². The van der Waals surface area contributed by atoms with Crippen LogP contribution in [0.4, 0.5) is 5.69 Å². The van der Waals surface area contributed by atoms with Gasteiger partial charge in [-0.1, -0.05) is 67.9 Å². The van der Waals surface area contributed by atoms with Crippen molar-refractivity contribution < 1.29 is 9.59 Å². The molecule has 154 valence electrons. The summed E-state index contributed by atoms with van der Waals surface area (Å²) in [4.78, 5) is 29.0. The summed E-state index contributed by atoms with van der Waals surface area (Å²) < 4.78 is 0. The van der Waals surface area contributed by atoms with Crippen LogP contribution in [0.2, 0.25) is 0 Å². The molecule has 3 fully saturated rings. The van der Waals surface area contributed by atoms with E-state index in [0.29, 0.717) is 11.8 Å². The molecule has 4 atom stereocenters. The zero-order valence-corrected chi connectivity index (χ0v) is 17.4. The second-order valence-electron chi connectivity index (χ2n) is 9.57. The fraction of sp³-hybridized carbons (Fsp3) is 0.615. The van der Waals surface area contributed by atoms with Gasteiger partial charge in [0.2, 0.25) is 11.8 Å². The van der Waals surface area contributed by atoms with Crippen LogP contribution in [0.3, 0.4) is 0 Å². The number of fused-ring (bicyclic) bond motifs is 5. The van der Waals surface area contributed by atoms with Gasteiger partial charge in [0, 0.05) is 0 Å². The number of carbonyl (C=O) groups is 2. The summed E-state index contributed by atoms with van der Waals surface area (Å²) in [5.41, 5.74) is 3.97. The summed E-state index contributed by atoms with van der Waals surface area (Å²) in [5.74, 6) is 0.519. The third kappa shape index (κ3) is 3.27. The van der Waals surface area contributed by atoms with Crippen LogP contribution in [0, 0.1) is 23.7 Å². The fourth-order valence-corrected chi connectivity index (χ4v) is 6.77. The second kappa shape index (κ2) is 8.08. The van der Waals surface area contributed by atoms with E-state index < -0.39 is 0 Å². The second-order valence-corrected chi connectivity index (χ2v) is 9.57. The molecule has 0 N–H and O–H groups in total. The largest absolute Gasteiger partial charge is 0.274 e. The van der Waals surface area contributed by atoms with Crippen LogP contribution < -0.4 is 4.90 Å². The van der Waals surface area contributed by atoms with E-state index in [1.54, 1.807) is 16.0 Å². The van der Waals surface area contributed by atoms with Gasteiger partial charge in [-0.05, 0) is 62.5 Å². The zero-order chi connectivity index (χ0) is 19.8. The number of imide groups is 1. The third-order valence-electron chi connectivity index (χ3n) is 8.01. The highest BCUT2D eigenvalue weighted by atomic mass is 16.2. The molecule has 3 nitrogen and oxygen atoms in total. The number of benzene rings is 1. The quantitative estimate of drug-likeness (QED) is 0.432.